The molecule has 4 N–H and O–H groups in total. The Morgan fingerprint density at radius 2 is 1.59 bits per heavy atom. The molecule has 0 bridgehead atoms. The van der Waals surface area contributed by atoms with Gasteiger partial charge in [-0.1, -0.05) is 35.5 Å². The third kappa shape index (κ3) is 2.56. The van der Waals surface area contributed by atoms with E-state index >= 15 is 0 Å². The average molecular weight is 244 g/mol. The van der Waals surface area contributed by atoms with Gasteiger partial charge in [0.15, 0.2) is 0 Å². The second kappa shape index (κ2) is 4.72. The molecule has 0 aliphatic rings. The molecule has 2 aromatic carbocycles. The van der Waals surface area contributed by atoms with E-state index in [-0.39, 0.29) is 0 Å². The molecule has 0 fully saturated rings. The first-order valence-corrected chi connectivity index (χ1v) is 6.28. The molecule has 2 rings (SSSR count). The van der Waals surface area contributed by atoms with Crippen LogP contribution in [-0.2, 0) is 0 Å². The van der Waals surface area contributed by atoms with Crippen molar-refractivity contribution in [3.05, 3.63) is 47.5 Å². The van der Waals surface area contributed by atoms with Gasteiger partial charge in [0.05, 0.1) is 4.90 Å². The standard InChI is InChI=1S/C14H16N2S/c1-9-6-7-13(10(2)8-9)17-14-11(15)4-3-5-12(14)16/h3-8H,15-16H2,1-2H3. The van der Waals surface area contributed by atoms with Gasteiger partial charge in [0.2, 0.25) is 0 Å². The quantitative estimate of drug-likeness (QED) is 0.793. The molecule has 0 heterocycles. The minimum atomic E-state index is 0.731. The Bertz CT molecular complexity index is 530. The van der Waals surface area contributed by atoms with Gasteiger partial charge in [0.1, 0.15) is 0 Å². The number of hydrogen-bond donors (Lipinski definition) is 2. The molecule has 0 spiro atoms. The van der Waals surface area contributed by atoms with Gasteiger partial charge in [-0.2, -0.15) is 0 Å². The normalized spacial score (nSPS) is 10.5. The minimum Gasteiger partial charge on any atom is -0.398 e. The number of benzene rings is 2. The highest BCUT2D eigenvalue weighted by molar-refractivity contribution is 7.99. The summed E-state index contributed by atoms with van der Waals surface area (Å²) in [6, 6.07) is 12.0. The van der Waals surface area contributed by atoms with Gasteiger partial charge < -0.3 is 11.5 Å². The first kappa shape index (κ1) is 11.9. The second-order valence-corrected chi connectivity index (χ2v) is 5.19. The van der Waals surface area contributed by atoms with E-state index in [4.69, 9.17) is 11.5 Å². The second-order valence-electron chi connectivity index (χ2n) is 4.14. The highest BCUT2D eigenvalue weighted by atomic mass is 32.2. The summed E-state index contributed by atoms with van der Waals surface area (Å²) in [5.41, 5.74) is 15.9. The lowest BCUT2D eigenvalue weighted by atomic mass is 10.2. The molecule has 0 amide bonds. The van der Waals surface area contributed by atoms with E-state index < -0.39 is 0 Å². The molecule has 0 aliphatic heterocycles. The predicted molar refractivity (Wildman–Crippen MR) is 75.3 cm³/mol. The summed E-state index contributed by atoms with van der Waals surface area (Å²) >= 11 is 1.63. The minimum absolute atomic E-state index is 0.731. The fraction of sp³-hybridized carbons (Fsp3) is 0.143. The molecule has 88 valence electrons. The Hall–Kier alpha value is -1.61. The molecular weight excluding hydrogens is 228 g/mol. The van der Waals surface area contributed by atoms with Crippen molar-refractivity contribution in [1.82, 2.24) is 0 Å². The first-order chi connectivity index (χ1) is 8.08. The van der Waals surface area contributed by atoms with Crippen molar-refractivity contribution in [1.29, 1.82) is 0 Å². The molecule has 0 saturated carbocycles. The van der Waals surface area contributed by atoms with E-state index in [1.54, 1.807) is 11.8 Å². The molecular formula is C14H16N2S. The lowest BCUT2D eigenvalue weighted by Gasteiger charge is -2.10. The van der Waals surface area contributed by atoms with Crippen LogP contribution in [0.5, 0.6) is 0 Å². The lowest BCUT2D eigenvalue weighted by Crippen LogP contribution is -1.94. The maximum atomic E-state index is 5.95. The molecule has 3 heteroatoms. The number of rotatable bonds is 2. The Morgan fingerprint density at radius 3 is 2.18 bits per heavy atom. The zero-order valence-electron chi connectivity index (χ0n) is 10.0. The third-order valence-corrected chi connectivity index (χ3v) is 3.97. The number of nitrogens with two attached hydrogens (primary N) is 2. The Morgan fingerprint density at radius 1 is 0.941 bits per heavy atom. The Labute approximate surface area is 106 Å². The predicted octanol–water partition coefficient (Wildman–Crippen LogP) is 3.62. The summed E-state index contributed by atoms with van der Waals surface area (Å²) in [7, 11) is 0. The SMILES string of the molecule is Cc1ccc(Sc2c(N)cccc2N)c(C)c1. The maximum Gasteiger partial charge on any atom is 0.0581 e. The topological polar surface area (TPSA) is 52.0 Å². The molecule has 0 saturated heterocycles. The smallest absolute Gasteiger partial charge is 0.0581 e. The van der Waals surface area contributed by atoms with Crippen molar-refractivity contribution in [3.63, 3.8) is 0 Å². The summed E-state index contributed by atoms with van der Waals surface area (Å²) in [5.74, 6) is 0. The maximum absolute atomic E-state index is 5.95. The van der Waals surface area contributed by atoms with Crippen LogP contribution in [0.1, 0.15) is 11.1 Å². The third-order valence-electron chi connectivity index (χ3n) is 2.62. The molecule has 0 unspecified atom stereocenters. The van der Waals surface area contributed by atoms with Crippen LogP contribution in [0.15, 0.2) is 46.2 Å². The van der Waals surface area contributed by atoms with Gasteiger partial charge in [-0.25, -0.2) is 0 Å². The van der Waals surface area contributed by atoms with E-state index in [9.17, 15) is 0 Å². The zero-order valence-corrected chi connectivity index (χ0v) is 10.8. The average Bonchev–Trinajstić information content (AvgIpc) is 2.26. The fourth-order valence-electron chi connectivity index (χ4n) is 1.72. The van der Waals surface area contributed by atoms with Gasteiger partial charge in [0.25, 0.3) is 0 Å². The van der Waals surface area contributed by atoms with Crippen molar-refractivity contribution in [2.45, 2.75) is 23.6 Å². The molecule has 0 radical (unpaired) electrons. The van der Waals surface area contributed by atoms with Crippen LogP contribution < -0.4 is 11.5 Å². The van der Waals surface area contributed by atoms with Crippen LogP contribution in [0, 0.1) is 13.8 Å². The van der Waals surface area contributed by atoms with Crippen molar-refractivity contribution in [2.24, 2.45) is 0 Å². The molecule has 2 nitrogen and oxygen atoms in total. The van der Waals surface area contributed by atoms with E-state index in [0.29, 0.717) is 0 Å². The highest BCUT2D eigenvalue weighted by Gasteiger charge is 2.07. The lowest BCUT2D eigenvalue weighted by molar-refractivity contribution is 1.26. The van der Waals surface area contributed by atoms with Gasteiger partial charge >= 0.3 is 0 Å². The van der Waals surface area contributed by atoms with E-state index in [0.717, 1.165) is 16.3 Å². The van der Waals surface area contributed by atoms with Crippen LogP contribution in [-0.4, -0.2) is 0 Å². The molecule has 0 aromatic heterocycles. The largest absolute Gasteiger partial charge is 0.398 e. The summed E-state index contributed by atoms with van der Waals surface area (Å²) in [6.07, 6.45) is 0. The highest BCUT2D eigenvalue weighted by Crippen LogP contribution is 2.37. The number of anilines is 2. The van der Waals surface area contributed by atoms with Crippen LogP contribution in [0.25, 0.3) is 0 Å². The van der Waals surface area contributed by atoms with Gasteiger partial charge in [-0.3, -0.25) is 0 Å². The van der Waals surface area contributed by atoms with Crippen molar-refractivity contribution in [2.75, 3.05) is 11.5 Å². The number of hydrogen-bond acceptors (Lipinski definition) is 3. The summed E-state index contributed by atoms with van der Waals surface area (Å²) in [6.45, 7) is 4.19. The van der Waals surface area contributed by atoms with Crippen LogP contribution >= 0.6 is 11.8 Å². The van der Waals surface area contributed by atoms with Crippen LogP contribution in [0.3, 0.4) is 0 Å². The Kier molecular flexibility index (Phi) is 3.29. The van der Waals surface area contributed by atoms with Crippen molar-refractivity contribution in [3.8, 4) is 0 Å². The molecule has 0 atom stereocenters. The van der Waals surface area contributed by atoms with Crippen molar-refractivity contribution >= 4 is 23.1 Å². The van der Waals surface area contributed by atoms with E-state index in [2.05, 4.69) is 32.0 Å². The number of aryl methyl sites for hydroxylation is 2. The van der Waals surface area contributed by atoms with Crippen LogP contribution in [0.2, 0.25) is 0 Å². The Balaban J connectivity index is 2.38. The summed E-state index contributed by atoms with van der Waals surface area (Å²) < 4.78 is 0. The first-order valence-electron chi connectivity index (χ1n) is 5.47. The molecule has 17 heavy (non-hydrogen) atoms. The van der Waals surface area contributed by atoms with Crippen molar-refractivity contribution < 1.29 is 0 Å². The molecule has 2 aromatic rings. The van der Waals surface area contributed by atoms with Gasteiger partial charge in [0, 0.05) is 16.3 Å². The number of nitrogen functional groups attached to an aromatic ring is 2. The van der Waals surface area contributed by atoms with E-state index in [1.165, 1.54) is 16.0 Å². The monoisotopic (exact) mass is 244 g/mol. The van der Waals surface area contributed by atoms with Crippen LogP contribution in [0.4, 0.5) is 11.4 Å². The van der Waals surface area contributed by atoms with Gasteiger partial charge in [-0.05, 0) is 37.6 Å². The fourth-order valence-corrected chi connectivity index (χ4v) is 2.66. The summed E-state index contributed by atoms with van der Waals surface area (Å²) in [4.78, 5) is 2.14. The zero-order chi connectivity index (χ0) is 12.4. The summed E-state index contributed by atoms with van der Waals surface area (Å²) in [5, 5.41) is 0. The molecule has 0 aliphatic carbocycles. The van der Waals surface area contributed by atoms with Gasteiger partial charge in [-0.15, -0.1) is 0 Å². The van der Waals surface area contributed by atoms with E-state index in [1.807, 2.05) is 18.2 Å².